The molecule has 0 radical (unpaired) electrons. The van der Waals surface area contributed by atoms with Gasteiger partial charge in [-0.25, -0.2) is 9.59 Å². The van der Waals surface area contributed by atoms with Crippen LogP contribution in [0.25, 0.3) is 0 Å². The first kappa shape index (κ1) is 21.2. The van der Waals surface area contributed by atoms with Crippen LogP contribution in [0.2, 0.25) is 0 Å². The lowest BCUT2D eigenvalue weighted by Gasteiger charge is -2.39. The van der Waals surface area contributed by atoms with Crippen LogP contribution >= 0.6 is 0 Å². The number of carbonyl (C=O) groups excluding carboxylic acids is 2. The topological polar surface area (TPSA) is 105 Å². The SMILES string of the molecule is Cc1cc2c(cc1C(=O)O)N(CCNC(=O)OCc1ccccc1)C(=O)C(C)(C)O2. The van der Waals surface area contributed by atoms with Gasteiger partial charge in [0.2, 0.25) is 0 Å². The first-order valence-corrected chi connectivity index (χ1v) is 9.52. The number of nitrogens with zero attached hydrogens (tertiary/aromatic N) is 1. The number of aromatic carboxylic acids is 1. The van der Waals surface area contributed by atoms with Gasteiger partial charge in [0.15, 0.2) is 5.60 Å². The third kappa shape index (κ3) is 4.53. The van der Waals surface area contributed by atoms with Gasteiger partial charge in [0.25, 0.3) is 5.91 Å². The van der Waals surface area contributed by atoms with Crippen molar-refractivity contribution in [3.05, 3.63) is 59.2 Å². The fourth-order valence-electron chi connectivity index (χ4n) is 3.21. The van der Waals surface area contributed by atoms with Crippen molar-refractivity contribution < 1.29 is 29.0 Å². The smallest absolute Gasteiger partial charge is 0.407 e. The lowest BCUT2D eigenvalue weighted by atomic mass is 10.0. The maximum atomic E-state index is 12.9. The predicted octanol–water partition coefficient (Wildman–Crippen LogP) is 3.12. The second-order valence-electron chi connectivity index (χ2n) is 7.50. The molecule has 0 bridgehead atoms. The zero-order chi connectivity index (χ0) is 21.9. The van der Waals surface area contributed by atoms with E-state index < -0.39 is 17.7 Å². The van der Waals surface area contributed by atoms with Crippen LogP contribution in [-0.2, 0) is 16.1 Å². The molecule has 0 aliphatic carbocycles. The van der Waals surface area contributed by atoms with Crippen molar-refractivity contribution >= 4 is 23.7 Å². The van der Waals surface area contributed by atoms with Crippen molar-refractivity contribution in [2.45, 2.75) is 33.0 Å². The molecular weight excluding hydrogens is 388 g/mol. The minimum atomic E-state index is -1.11. The van der Waals surface area contributed by atoms with Gasteiger partial charge in [0, 0.05) is 13.1 Å². The fourth-order valence-corrected chi connectivity index (χ4v) is 3.21. The van der Waals surface area contributed by atoms with E-state index in [1.165, 1.54) is 11.0 Å². The van der Waals surface area contributed by atoms with Gasteiger partial charge in [0.05, 0.1) is 11.3 Å². The van der Waals surface area contributed by atoms with Crippen LogP contribution in [0.3, 0.4) is 0 Å². The first-order chi connectivity index (χ1) is 14.2. The molecule has 1 heterocycles. The van der Waals surface area contributed by atoms with E-state index in [-0.39, 0.29) is 31.2 Å². The highest BCUT2D eigenvalue weighted by Crippen LogP contribution is 2.39. The number of anilines is 1. The van der Waals surface area contributed by atoms with Crippen molar-refractivity contribution in [2.75, 3.05) is 18.0 Å². The number of carboxylic acids is 1. The number of carbonyl (C=O) groups is 3. The Kier molecular flexibility index (Phi) is 5.96. The maximum Gasteiger partial charge on any atom is 0.407 e. The van der Waals surface area contributed by atoms with Crippen LogP contribution in [0.5, 0.6) is 5.75 Å². The number of alkyl carbamates (subject to hydrolysis) is 1. The molecule has 8 heteroatoms. The lowest BCUT2D eigenvalue weighted by molar-refractivity contribution is -0.132. The third-order valence-electron chi connectivity index (χ3n) is 4.77. The van der Waals surface area contributed by atoms with E-state index in [4.69, 9.17) is 9.47 Å². The molecule has 0 unspecified atom stereocenters. The summed E-state index contributed by atoms with van der Waals surface area (Å²) in [6.45, 7) is 5.37. The van der Waals surface area contributed by atoms with Crippen molar-refractivity contribution in [1.82, 2.24) is 5.32 Å². The Morgan fingerprint density at radius 3 is 2.57 bits per heavy atom. The summed E-state index contributed by atoms with van der Waals surface area (Å²) in [4.78, 5) is 37.8. The minimum Gasteiger partial charge on any atom is -0.478 e. The number of nitrogens with one attached hydrogen (secondary N) is 1. The quantitative estimate of drug-likeness (QED) is 0.755. The molecule has 0 spiro atoms. The van der Waals surface area contributed by atoms with E-state index in [0.717, 1.165) is 5.56 Å². The Bertz CT molecular complexity index is 971. The number of benzene rings is 2. The number of ether oxygens (including phenoxy) is 2. The van der Waals surface area contributed by atoms with Gasteiger partial charge in [-0.15, -0.1) is 0 Å². The number of carboxylic acid groups (broad SMARTS) is 1. The standard InChI is InChI=1S/C22H24N2O6/c1-14-11-18-17(12-16(14)19(25)26)24(20(27)22(2,3)30-18)10-9-23-21(28)29-13-15-7-5-4-6-8-15/h4-8,11-12H,9-10,13H2,1-3H3,(H,23,28)(H,25,26). The summed E-state index contributed by atoms with van der Waals surface area (Å²) in [6.07, 6.45) is -0.603. The highest BCUT2D eigenvalue weighted by atomic mass is 16.5. The summed E-state index contributed by atoms with van der Waals surface area (Å²) in [7, 11) is 0. The van der Waals surface area contributed by atoms with Gasteiger partial charge in [-0.3, -0.25) is 4.79 Å². The van der Waals surface area contributed by atoms with Crippen LogP contribution in [0.4, 0.5) is 10.5 Å². The molecule has 8 nitrogen and oxygen atoms in total. The molecule has 2 aromatic rings. The van der Waals surface area contributed by atoms with Crippen LogP contribution in [0, 0.1) is 6.92 Å². The number of hydrogen-bond acceptors (Lipinski definition) is 5. The van der Waals surface area contributed by atoms with Gasteiger partial charge >= 0.3 is 12.1 Å². The summed E-state index contributed by atoms with van der Waals surface area (Å²) in [5.74, 6) is -0.987. The maximum absolute atomic E-state index is 12.9. The second-order valence-corrected chi connectivity index (χ2v) is 7.50. The van der Waals surface area contributed by atoms with Crippen molar-refractivity contribution in [2.24, 2.45) is 0 Å². The Balaban J connectivity index is 1.69. The van der Waals surface area contributed by atoms with E-state index in [2.05, 4.69) is 5.32 Å². The summed E-state index contributed by atoms with van der Waals surface area (Å²) in [5, 5.41) is 12.0. The van der Waals surface area contributed by atoms with Crippen LogP contribution < -0.4 is 15.0 Å². The van der Waals surface area contributed by atoms with Crippen molar-refractivity contribution in [3.63, 3.8) is 0 Å². The zero-order valence-electron chi connectivity index (χ0n) is 17.1. The van der Waals surface area contributed by atoms with Gasteiger partial charge in [0.1, 0.15) is 12.4 Å². The number of fused-ring (bicyclic) bond motifs is 1. The highest BCUT2D eigenvalue weighted by Gasteiger charge is 2.41. The summed E-state index contributed by atoms with van der Waals surface area (Å²) in [5.41, 5.74) is 0.738. The molecule has 0 atom stereocenters. The monoisotopic (exact) mass is 412 g/mol. The average Bonchev–Trinajstić information content (AvgIpc) is 2.69. The van der Waals surface area contributed by atoms with Gasteiger partial charge in [-0.2, -0.15) is 0 Å². The van der Waals surface area contributed by atoms with Gasteiger partial charge < -0.3 is 24.8 Å². The number of hydrogen-bond donors (Lipinski definition) is 2. The molecule has 2 N–H and O–H groups in total. The van der Waals surface area contributed by atoms with Gasteiger partial charge in [-0.05, 0) is 44.0 Å². The molecule has 2 amide bonds. The Morgan fingerprint density at radius 1 is 1.20 bits per heavy atom. The van der Waals surface area contributed by atoms with Gasteiger partial charge in [-0.1, -0.05) is 30.3 Å². The average molecular weight is 412 g/mol. The first-order valence-electron chi connectivity index (χ1n) is 9.52. The number of rotatable bonds is 6. The third-order valence-corrected chi connectivity index (χ3v) is 4.77. The van der Waals surface area contributed by atoms with E-state index in [0.29, 0.717) is 17.0 Å². The molecule has 0 saturated carbocycles. The fraction of sp³-hybridized carbons (Fsp3) is 0.318. The van der Waals surface area contributed by atoms with Crippen LogP contribution in [-0.4, -0.2) is 41.8 Å². The molecule has 0 saturated heterocycles. The summed E-state index contributed by atoms with van der Waals surface area (Å²) in [6, 6.07) is 12.3. The second kappa shape index (κ2) is 8.44. The number of amides is 2. The minimum absolute atomic E-state index is 0.0880. The largest absolute Gasteiger partial charge is 0.478 e. The van der Waals surface area contributed by atoms with E-state index >= 15 is 0 Å². The Labute approximate surface area is 174 Å². The molecule has 1 aliphatic heterocycles. The predicted molar refractivity (Wildman–Crippen MR) is 110 cm³/mol. The highest BCUT2D eigenvalue weighted by molar-refractivity contribution is 6.04. The molecule has 30 heavy (non-hydrogen) atoms. The van der Waals surface area contributed by atoms with Crippen LogP contribution in [0.15, 0.2) is 42.5 Å². The molecule has 2 aromatic carbocycles. The zero-order valence-corrected chi connectivity index (χ0v) is 17.1. The van der Waals surface area contributed by atoms with Crippen molar-refractivity contribution in [3.8, 4) is 5.75 Å². The lowest BCUT2D eigenvalue weighted by Crippen LogP contribution is -2.54. The Morgan fingerprint density at radius 2 is 1.90 bits per heavy atom. The van der Waals surface area contributed by atoms with E-state index in [9.17, 15) is 19.5 Å². The Hall–Kier alpha value is -3.55. The molecule has 0 aromatic heterocycles. The van der Waals surface area contributed by atoms with Crippen LogP contribution in [0.1, 0.15) is 35.3 Å². The molecule has 0 fully saturated rings. The molecule has 1 aliphatic rings. The van der Waals surface area contributed by atoms with Crippen molar-refractivity contribution in [1.29, 1.82) is 0 Å². The molecule has 3 rings (SSSR count). The molecular formula is C22H24N2O6. The van der Waals surface area contributed by atoms with E-state index in [1.807, 2.05) is 30.3 Å². The summed E-state index contributed by atoms with van der Waals surface area (Å²) < 4.78 is 11.0. The number of aryl methyl sites for hydroxylation is 1. The van der Waals surface area contributed by atoms with E-state index in [1.54, 1.807) is 26.8 Å². The summed E-state index contributed by atoms with van der Waals surface area (Å²) >= 11 is 0. The molecule has 158 valence electrons. The normalized spacial score (nSPS) is 14.5.